The van der Waals surface area contributed by atoms with E-state index in [1.807, 2.05) is 0 Å². The maximum Gasteiger partial charge on any atom is 0.344 e. The van der Waals surface area contributed by atoms with Crippen molar-refractivity contribution in [2.75, 3.05) is 7.05 Å². The maximum absolute atomic E-state index is 12.8. The topological polar surface area (TPSA) is 83.6 Å². The second-order valence-electron chi connectivity index (χ2n) is 8.44. The van der Waals surface area contributed by atoms with Gasteiger partial charge in [-0.05, 0) is 64.4 Å². The number of aryl methyl sites for hydroxylation is 2. The fraction of sp³-hybridized carbons (Fsp3) is 0.222. The summed E-state index contributed by atoms with van der Waals surface area (Å²) < 4.78 is 5.18. The molecule has 33 heavy (non-hydrogen) atoms. The first-order chi connectivity index (χ1) is 16.0. The van der Waals surface area contributed by atoms with Crippen molar-refractivity contribution >= 4 is 33.9 Å². The number of fused-ring (bicyclic) bond motifs is 1. The number of pyridine rings is 1. The van der Waals surface area contributed by atoms with E-state index in [1.165, 1.54) is 34.2 Å². The molecule has 6 nitrogen and oxygen atoms in total. The van der Waals surface area contributed by atoms with Gasteiger partial charge in [0.2, 0.25) is 11.6 Å². The van der Waals surface area contributed by atoms with Crippen LogP contribution in [-0.4, -0.2) is 27.9 Å². The number of aromatic hydroxyl groups is 1. The number of carbonyl (C=O) groups excluding carboxylic acids is 1. The molecule has 2 heterocycles. The molecule has 0 saturated heterocycles. The minimum atomic E-state index is -0.585. The molecule has 0 saturated carbocycles. The van der Waals surface area contributed by atoms with Crippen molar-refractivity contribution in [1.29, 1.82) is 0 Å². The quantitative estimate of drug-likeness (QED) is 0.466. The number of likely N-dealkylation sites (N-methyl/N-ethyl adjacent to an activating group) is 1. The van der Waals surface area contributed by atoms with Crippen LogP contribution in [0.4, 0.5) is 0 Å². The minimum Gasteiger partial charge on any atom is -0.507 e. The van der Waals surface area contributed by atoms with Gasteiger partial charge < -0.3 is 14.4 Å². The number of hydrogen-bond acceptors (Lipinski definition) is 5. The summed E-state index contributed by atoms with van der Waals surface area (Å²) in [5, 5.41) is 13.3. The number of amides is 1. The number of aromatic nitrogens is 1. The van der Waals surface area contributed by atoms with E-state index in [2.05, 4.69) is 35.3 Å². The van der Waals surface area contributed by atoms with E-state index in [0.717, 1.165) is 18.4 Å². The Labute approximate surface area is 190 Å². The molecule has 1 N–H and O–H groups in total. The molecule has 1 aliphatic carbocycles. The summed E-state index contributed by atoms with van der Waals surface area (Å²) in [7, 11) is 1.78. The highest BCUT2D eigenvalue weighted by atomic mass is 16.4. The zero-order valence-electron chi connectivity index (χ0n) is 18.6. The van der Waals surface area contributed by atoms with Crippen LogP contribution in [-0.2, 0) is 30.6 Å². The third kappa shape index (κ3) is 3.67. The van der Waals surface area contributed by atoms with Crippen LogP contribution in [0.5, 0.6) is 5.75 Å². The second kappa shape index (κ2) is 8.20. The molecular weight excluding hydrogens is 416 g/mol. The molecule has 4 aromatic rings. The van der Waals surface area contributed by atoms with Gasteiger partial charge in [-0.25, -0.2) is 9.78 Å². The van der Waals surface area contributed by atoms with E-state index in [9.17, 15) is 14.7 Å². The molecule has 0 fully saturated rings. The summed E-state index contributed by atoms with van der Waals surface area (Å²) in [6.45, 7) is 2.27. The lowest BCUT2D eigenvalue weighted by Crippen LogP contribution is -2.24. The van der Waals surface area contributed by atoms with Crippen LogP contribution in [0.1, 0.15) is 34.7 Å². The Bertz CT molecular complexity index is 1490. The molecular formula is C27H24N2O4. The van der Waals surface area contributed by atoms with E-state index < -0.39 is 5.63 Å². The molecule has 1 aliphatic rings. The van der Waals surface area contributed by atoms with Gasteiger partial charge in [-0.1, -0.05) is 37.3 Å². The zero-order chi connectivity index (χ0) is 23.1. The monoisotopic (exact) mass is 440 g/mol. The summed E-state index contributed by atoms with van der Waals surface area (Å²) in [6.07, 6.45) is 7.14. The zero-order valence-corrected chi connectivity index (χ0v) is 18.6. The van der Waals surface area contributed by atoms with Crippen molar-refractivity contribution < 1.29 is 14.3 Å². The van der Waals surface area contributed by atoms with Crippen LogP contribution in [0, 0.1) is 0 Å². The molecule has 0 aliphatic heterocycles. The number of carbonyl (C=O) groups is 1. The van der Waals surface area contributed by atoms with E-state index in [-0.39, 0.29) is 22.9 Å². The molecule has 6 heteroatoms. The van der Waals surface area contributed by atoms with Gasteiger partial charge in [-0.15, -0.1) is 0 Å². The molecule has 0 unspecified atom stereocenters. The van der Waals surface area contributed by atoms with Gasteiger partial charge in [-0.2, -0.15) is 0 Å². The van der Waals surface area contributed by atoms with Gasteiger partial charge in [0.25, 0.3) is 0 Å². The maximum atomic E-state index is 12.8. The largest absolute Gasteiger partial charge is 0.507 e. The fourth-order valence-corrected chi connectivity index (χ4v) is 4.60. The van der Waals surface area contributed by atoms with E-state index in [0.29, 0.717) is 23.9 Å². The molecule has 2 aromatic carbocycles. The van der Waals surface area contributed by atoms with Crippen LogP contribution in [0.3, 0.4) is 0 Å². The summed E-state index contributed by atoms with van der Waals surface area (Å²) >= 11 is 0. The van der Waals surface area contributed by atoms with Crippen LogP contribution < -0.4 is 5.63 Å². The van der Waals surface area contributed by atoms with Gasteiger partial charge >= 0.3 is 5.63 Å². The third-order valence-electron chi connectivity index (χ3n) is 6.37. The Morgan fingerprint density at radius 2 is 1.97 bits per heavy atom. The summed E-state index contributed by atoms with van der Waals surface area (Å²) in [6, 6.07) is 12.4. The number of rotatable bonds is 5. The Kier molecular flexibility index (Phi) is 5.21. The minimum absolute atomic E-state index is 0.0716. The molecule has 0 spiro atoms. The fourth-order valence-electron chi connectivity index (χ4n) is 4.60. The first kappa shape index (κ1) is 20.9. The van der Waals surface area contributed by atoms with Crippen LogP contribution in [0.2, 0.25) is 0 Å². The number of nitrogens with zero attached hydrogens (tertiary/aromatic N) is 2. The first-order valence-electron chi connectivity index (χ1n) is 11.1. The molecule has 5 rings (SSSR count). The molecule has 1 amide bonds. The van der Waals surface area contributed by atoms with E-state index in [4.69, 9.17) is 4.42 Å². The van der Waals surface area contributed by atoms with Gasteiger partial charge in [0.1, 0.15) is 5.75 Å². The molecule has 0 bridgehead atoms. The molecule has 166 valence electrons. The smallest absolute Gasteiger partial charge is 0.344 e. The Hall–Kier alpha value is -3.93. The van der Waals surface area contributed by atoms with Gasteiger partial charge in [0.05, 0.1) is 10.9 Å². The normalized spacial score (nSPS) is 12.8. The summed E-state index contributed by atoms with van der Waals surface area (Å²) in [4.78, 5) is 30.5. The number of benzene rings is 2. The number of hydrogen-bond donors (Lipinski definition) is 1. The highest BCUT2D eigenvalue weighted by Crippen LogP contribution is 2.33. The highest BCUT2D eigenvalue weighted by Gasteiger charge is 2.17. The first-order valence-corrected chi connectivity index (χ1v) is 11.1. The summed E-state index contributed by atoms with van der Waals surface area (Å²) in [5.41, 5.74) is 4.22. The molecule has 0 atom stereocenters. The van der Waals surface area contributed by atoms with Crippen molar-refractivity contribution in [3.05, 3.63) is 86.9 Å². The van der Waals surface area contributed by atoms with E-state index in [1.54, 1.807) is 31.0 Å². The van der Waals surface area contributed by atoms with Crippen molar-refractivity contribution in [2.24, 2.45) is 0 Å². The Morgan fingerprint density at radius 3 is 2.76 bits per heavy atom. The van der Waals surface area contributed by atoms with Crippen molar-refractivity contribution in [2.45, 2.75) is 32.7 Å². The second-order valence-corrected chi connectivity index (χ2v) is 8.44. The predicted molar refractivity (Wildman–Crippen MR) is 128 cm³/mol. The molecule has 0 radical (unpaired) electrons. The SMILES string of the molecule is CCc1c(O)c2cc(/C=C/C(=O)N(C)Cc3ccc4c5c(cccc35)CC4)cnc2oc1=O. The third-order valence-corrected chi connectivity index (χ3v) is 6.37. The highest BCUT2D eigenvalue weighted by molar-refractivity contribution is 5.95. The lowest BCUT2D eigenvalue weighted by Gasteiger charge is -2.17. The standard InChI is InChI=1S/C27H24N2O4/c1-3-20-25(31)22-13-16(14-28-26(22)33-27(20)32)7-12-23(30)29(2)15-19-11-10-18-9-8-17-5-4-6-21(19)24(17)18/h4-7,10-14,31H,3,8-9,15H2,1-2H3/b12-7+. The van der Waals surface area contributed by atoms with E-state index >= 15 is 0 Å². The van der Waals surface area contributed by atoms with Crippen LogP contribution in [0.15, 0.2) is 57.9 Å². The predicted octanol–water partition coefficient (Wildman–Crippen LogP) is 4.38. The van der Waals surface area contributed by atoms with Gasteiger partial charge in [-0.3, -0.25) is 4.79 Å². The van der Waals surface area contributed by atoms with Crippen LogP contribution in [0.25, 0.3) is 27.9 Å². The lowest BCUT2D eigenvalue weighted by molar-refractivity contribution is -0.125. The average molecular weight is 440 g/mol. The Balaban J connectivity index is 1.38. The van der Waals surface area contributed by atoms with Gasteiger partial charge in [0.15, 0.2) is 0 Å². The lowest BCUT2D eigenvalue weighted by atomic mass is 9.99. The average Bonchev–Trinajstić information content (AvgIpc) is 3.24. The van der Waals surface area contributed by atoms with Gasteiger partial charge in [0, 0.05) is 25.9 Å². The van der Waals surface area contributed by atoms with Crippen molar-refractivity contribution in [3.63, 3.8) is 0 Å². The Morgan fingerprint density at radius 1 is 1.18 bits per heavy atom. The van der Waals surface area contributed by atoms with Crippen molar-refractivity contribution in [1.82, 2.24) is 9.88 Å². The van der Waals surface area contributed by atoms with Crippen LogP contribution >= 0.6 is 0 Å². The molecule has 2 aromatic heterocycles. The summed E-state index contributed by atoms with van der Waals surface area (Å²) in [5.74, 6) is -0.265. The van der Waals surface area contributed by atoms with Crippen molar-refractivity contribution in [3.8, 4) is 5.75 Å².